The van der Waals surface area contributed by atoms with Gasteiger partial charge in [-0.25, -0.2) is 0 Å². The van der Waals surface area contributed by atoms with E-state index in [9.17, 15) is 0 Å². The molecule has 0 saturated heterocycles. The maximum atomic E-state index is 5.22. The molecule has 0 unspecified atom stereocenters. The first-order chi connectivity index (χ1) is 7.76. The van der Waals surface area contributed by atoms with Gasteiger partial charge in [-0.15, -0.1) is 0 Å². The minimum atomic E-state index is 0.620. The van der Waals surface area contributed by atoms with Crippen LogP contribution >= 0.6 is 0 Å². The zero-order chi connectivity index (χ0) is 11.9. The lowest BCUT2D eigenvalue weighted by Crippen LogP contribution is -2.37. The van der Waals surface area contributed by atoms with E-state index in [2.05, 4.69) is 19.2 Å². The van der Waals surface area contributed by atoms with Crippen molar-refractivity contribution in [1.29, 1.82) is 0 Å². The van der Waals surface area contributed by atoms with Gasteiger partial charge in [0.2, 0.25) is 0 Å². The molecule has 1 aliphatic rings. The fourth-order valence-electron chi connectivity index (χ4n) is 2.74. The van der Waals surface area contributed by atoms with Crippen LogP contribution in [0, 0.1) is 5.41 Å². The molecular weight excluding hydrogens is 198 g/mol. The minimum Gasteiger partial charge on any atom is -0.385 e. The third-order valence-corrected chi connectivity index (χ3v) is 4.32. The number of methoxy groups -OCH3 is 1. The summed E-state index contributed by atoms with van der Waals surface area (Å²) in [6.45, 7) is 6.66. The molecule has 0 aromatic rings. The predicted octanol–water partition coefficient (Wildman–Crippen LogP) is 3.36. The molecular formula is C14H29NO. The molecule has 1 N–H and O–H groups in total. The van der Waals surface area contributed by atoms with Crippen molar-refractivity contribution in [2.24, 2.45) is 5.41 Å². The quantitative estimate of drug-likeness (QED) is 0.652. The summed E-state index contributed by atoms with van der Waals surface area (Å²) in [6.07, 6.45) is 9.36. The molecule has 0 heterocycles. The van der Waals surface area contributed by atoms with Gasteiger partial charge in [0, 0.05) is 19.8 Å². The first-order valence-electron chi connectivity index (χ1n) is 6.98. The maximum absolute atomic E-state index is 5.22. The van der Waals surface area contributed by atoms with Crippen molar-refractivity contribution in [3.05, 3.63) is 0 Å². The normalized spacial score (nSPS) is 18.8. The van der Waals surface area contributed by atoms with E-state index in [1.165, 1.54) is 51.5 Å². The van der Waals surface area contributed by atoms with E-state index in [0.29, 0.717) is 5.41 Å². The Labute approximate surface area is 101 Å². The van der Waals surface area contributed by atoms with Crippen molar-refractivity contribution in [3.8, 4) is 0 Å². The summed E-state index contributed by atoms with van der Waals surface area (Å²) in [5, 5.41) is 3.68. The summed E-state index contributed by atoms with van der Waals surface area (Å²) in [7, 11) is 1.81. The second-order valence-corrected chi connectivity index (χ2v) is 5.31. The molecule has 16 heavy (non-hydrogen) atoms. The summed E-state index contributed by atoms with van der Waals surface area (Å²) in [4.78, 5) is 0. The van der Waals surface area contributed by atoms with Gasteiger partial charge in [0.15, 0.2) is 0 Å². The Kier molecular flexibility index (Phi) is 6.37. The first-order valence-corrected chi connectivity index (χ1v) is 6.98. The smallest absolute Gasteiger partial charge is 0.0467 e. The van der Waals surface area contributed by atoms with Crippen LogP contribution in [0.25, 0.3) is 0 Å². The SMILES string of the molecule is CCC(CC)NCCC1(CCOC)CCC1. The average molecular weight is 227 g/mol. The topological polar surface area (TPSA) is 21.3 Å². The molecule has 1 fully saturated rings. The Morgan fingerprint density at radius 1 is 1.19 bits per heavy atom. The third kappa shape index (κ3) is 4.06. The summed E-state index contributed by atoms with van der Waals surface area (Å²) in [5.74, 6) is 0. The van der Waals surface area contributed by atoms with Crippen LogP contribution in [-0.2, 0) is 4.74 Å². The fraction of sp³-hybridized carbons (Fsp3) is 1.00. The Bertz CT molecular complexity index is 174. The van der Waals surface area contributed by atoms with Gasteiger partial charge < -0.3 is 10.1 Å². The van der Waals surface area contributed by atoms with Crippen molar-refractivity contribution in [2.75, 3.05) is 20.3 Å². The molecule has 0 aromatic heterocycles. The van der Waals surface area contributed by atoms with Crippen LogP contribution in [0.3, 0.4) is 0 Å². The number of ether oxygens (including phenoxy) is 1. The van der Waals surface area contributed by atoms with Gasteiger partial charge >= 0.3 is 0 Å². The Morgan fingerprint density at radius 3 is 2.31 bits per heavy atom. The largest absolute Gasteiger partial charge is 0.385 e. The van der Waals surface area contributed by atoms with Crippen LogP contribution < -0.4 is 5.32 Å². The lowest BCUT2D eigenvalue weighted by Gasteiger charge is -2.42. The molecule has 0 amide bonds. The van der Waals surface area contributed by atoms with Gasteiger partial charge in [-0.2, -0.15) is 0 Å². The van der Waals surface area contributed by atoms with Crippen LogP contribution in [0.5, 0.6) is 0 Å². The van der Waals surface area contributed by atoms with E-state index in [1.807, 2.05) is 7.11 Å². The highest BCUT2D eigenvalue weighted by molar-refractivity contribution is 4.88. The predicted molar refractivity (Wildman–Crippen MR) is 69.8 cm³/mol. The zero-order valence-corrected chi connectivity index (χ0v) is 11.3. The molecule has 96 valence electrons. The van der Waals surface area contributed by atoms with E-state index in [4.69, 9.17) is 4.74 Å². The number of nitrogens with one attached hydrogen (secondary N) is 1. The Morgan fingerprint density at radius 2 is 1.88 bits per heavy atom. The third-order valence-electron chi connectivity index (χ3n) is 4.32. The summed E-state index contributed by atoms with van der Waals surface area (Å²) in [5.41, 5.74) is 0.620. The van der Waals surface area contributed by atoms with E-state index in [1.54, 1.807) is 0 Å². The van der Waals surface area contributed by atoms with Crippen molar-refractivity contribution in [3.63, 3.8) is 0 Å². The highest BCUT2D eigenvalue weighted by Crippen LogP contribution is 2.46. The van der Waals surface area contributed by atoms with Crippen molar-refractivity contribution >= 4 is 0 Å². The number of rotatable bonds is 9. The zero-order valence-electron chi connectivity index (χ0n) is 11.3. The number of hydrogen-bond acceptors (Lipinski definition) is 2. The summed E-state index contributed by atoms with van der Waals surface area (Å²) in [6, 6.07) is 0.722. The molecule has 0 spiro atoms. The van der Waals surface area contributed by atoms with Gasteiger partial charge in [0.25, 0.3) is 0 Å². The minimum absolute atomic E-state index is 0.620. The van der Waals surface area contributed by atoms with Crippen LogP contribution in [0.15, 0.2) is 0 Å². The molecule has 1 aliphatic carbocycles. The molecule has 1 saturated carbocycles. The molecule has 1 rings (SSSR count). The summed E-state index contributed by atoms with van der Waals surface area (Å²) >= 11 is 0. The molecule has 2 heteroatoms. The summed E-state index contributed by atoms with van der Waals surface area (Å²) < 4.78 is 5.22. The molecule has 0 radical (unpaired) electrons. The molecule has 0 atom stereocenters. The van der Waals surface area contributed by atoms with E-state index < -0.39 is 0 Å². The second kappa shape index (κ2) is 7.29. The van der Waals surface area contributed by atoms with Gasteiger partial charge in [-0.3, -0.25) is 0 Å². The van der Waals surface area contributed by atoms with Gasteiger partial charge in [-0.1, -0.05) is 20.3 Å². The highest BCUT2D eigenvalue weighted by Gasteiger charge is 2.35. The Balaban J connectivity index is 2.18. The lowest BCUT2D eigenvalue weighted by atomic mass is 9.65. The van der Waals surface area contributed by atoms with E-state index in [-0.39, 0.29) is 0 Å². The second-order valence-electron chi connectivity index (χ2n) is 5.31. The molecule has 2 nitrogen and oxygen atoms in total. The van der Waals surface area contributed by atoms with Gasteiger partial charge in [-0.05, 0) is 50.5 Å². The van der Waals surface area contributed by atoms with Crippen molar-refractivity contribution in [2.45, 2.75) is 64.8 Å². The standard InChI is InChI=1S/C14H29NO/c1-4-13(5-2)15-11-9-14(7-6-8-14)10-12-16-3/h13,15H,4-12H2,1-3H3. The first kappa shape index (κ1) is 14.0. The van der Waals surface area contributed by atoms with Crippen LogP contribution in [0.1, 0.15) is 58.8 Å². The lowest BCUT2D eigenvalue weighted by molar-refractivity contribution is 0.0607. The monoisotopic (exact) mass is 227 g/mol. The van der Waals surface area contributed by atoms with E-state index >= 15 is 0 Å². The van der Waals surface area contributed by atoms with Gasteiger partial charge in [0.05, 0.1) is 0 Å². The van der Waals surface area contributed by atoms with Gasteiger partial charge in [0.1, 0.15) is 0 Å². The van der Waals surface area contributed by atoms with Crippen LogP contribution in [-0.4, -0.2) is 26.3 Å². The fourth-order valence-corrected chi connectivity index (χ4v) is 2.74. The van der Waals surface area contributed by atoms with Crippen molar-refractivity contribution in [1.82, 2.24) is 5.32 Å². The highest BCUT2D eigenvalue weighted by atomic mass is 16.5. The van der Waals surface area contributed by atoms with Crippen molar-refractivity contribution < 1.29 is 4.74 Å². The number of hydrogen-bond donors (Lipinski definition) is 1. The maximum Gasteiger partial charge on any atom is 0.0467 e. The van der Waals surface area contributed by atoms with E-state index in [0.717, 1.165) is 12.6 Å². The van der Waals surface area contributed by atoms with Crippen LogP contribution in [0.2, 0.25) is 0 Å². The average Bonchev–Trinajstić information content (AvgIpc) is 2.26. The molecule has 0 bridgehead atoms. The van der Waals surface area contributed by atoms with Crippen LogP contribution in [0.4, 0.5) is 0 Å². The molecule has 0 aromatic carbocycles. The Hall–Kier alpha value is -0.0800. The molecule has 0 aliphatic heterocycles.